The first-order valence-electron chi connectivity index (χ1n) is 31.9. The van der Waals surface area contributed by atoms with Gasteiger partial charge < -0.3 is 51.1 Å². The number of carbonyl (C=O) groups is 5. The van der Waals surface area contributed by atoms with Gasteiger partial charge in [0.25, 0.3) is 0 Å². The van der Waals surface area contributed by atoms with E-state index in [9.17, 15) is 54.6 Å². The maximum atomic E-state index is 12.4. The number of hydrogen-bond acceptors (Lipinski definition) is 11. The first kappa shape index (κ1) is 79.1. The molecule has 0 aliphatic heterocycles. The molecule has 474 valence electrons. The lowest BCUT2D eigenvalue weighted by molar-refractivity contribution is -0.138. The molecule has 2 aromatic rings. The molecule has 0 amide bonds. The number of aromatic hydroxyl groups is 6. The van der Waals surface area contributed by atoms with Crippen LogP contribution in [0.25, 0.3) is 0 Å². The normalized spacial score (nSPS) is 11.0. The number of unbranched alkanes of at least 4 members (excludes halogenated alkanes) is 33. The van der Waals surface area contributed by atoms with Crippen LogP contribution in [0.2, 0.25) is 0 Å². The van der Waals surface area contributed by atoms with E-state index in [1.54, 1.807) is 0 Å². The van der Waals surface area contributed by atoms with Gasteiger partial charge in [-0.25, -0.2) is 4.79 Å². The van der Waals surface area contributed by atoms with E-state index in [1.807, 2.05) is 0 Å². The number of rotatable bonds is 48. The monoisotopic (exact) mass is 1170 g/mol. The summed E-state index contributed by atoms with van der Waals surface area (Å²) < 4.78 is 0. The number of carboxylic acids is 4. The van der Waals surface area contributed by atoms with Crippen molar-refractivity contribution in [1.82, 2.24) is 0 Å². The largest absolute Gasteiger partial charge is 0.504 e. The van der Waals surface area contributed by atoms with Crippen LogP contribution in [0.3, 0.4) is 0 Å². The van der Waals surface area contributed by atoms with Gasteiger partial charge in [0.1, 0.15) is 0 Å². The Balaban J connectivity index is 0. The number of phenols is 6. The summed E-state index contributed by atoms with van der Waals surface area (Å²) in [5.41, 5.74) is -2.15. The molecule has 0 bridgehead atoms. The maximum Gasteiger partial charge on any atom is 0.336 e. The summed E-state index contributed by atoms with van der Waals surface area (Å²) in [7, 11) is 0. The highest BCUT2D eigenvalue weighted by Crippen LogP contribution is 2.42. The van der Waals surface area contributed by atoms with E-state index in [1.165, 1.54) is 212 Å². The van der Waals surface area contributed by atoms with E-state index >= 15 is 0 Å². The van der Waals surface area contributed by atoms with Crippen molar-refractivity contribution in [1.29, 1.82) is 0 Å². The zero-order chi connectivity index (χ0) is 62.1. The number of ketones is 1. The summed E-state index contributed by atoms with van der Waals surface area (Å²) >= 11 is 0. The Hall–Kier alpha value is -5.99. The lowest BCUT2D eigenvalue weighted by Crippen LogP contribution is -2.10. The summed E-state index contributed by atoms with van der Waals surface area (Å²) in [6, 6.07) is 2.02. The van der Waals surface area contributed by atoms with Crippen molar-refractivity contribution in [3.63, 3.8) is 0 Å². The minimum atomic E-state index is -1.67. The van der Waals surface area contributed by atoms with E-state index in [4.69, 9.17) is 20.4 Å². The third-order valence-corrected chi connectivity index (χ3v) is 14.0. The lowest BCUT2D eigenvalue weighted by atomic mass is 9.96. The van der Waals surface area contributed by atoms with Crippen LogP contribution >= 0.6 is 0 Å². The Morgan fingerprint density at radius 2 is 0.554 bits per heavy atom. The van der Waals surface area contributed by atoms with Gasteiger partial charge in [0.05, 0.1) is 11.1 Å². The van der Waals surface area contributed by atoms with Gasteiger partial charge in [-0.1, -0.05) is 211 Å². The minimum absolute atomic E-state index is 0.332. The van der Waals surface area contributed by atoms with Crippen molar-refractivity contribution in [3.05, 3.63) is 71.3 Å². The molecule has 83 heavy (non-hydrogen) atoms. The maximum absolute atomic E-state index is 12.4. The summed E-state index contributed by atoms with van der Waals surface area (Å²) in [5.74, 6) is -10.7. The van der Waals surface area contributed by atoms with Crippen LogP contribution in [0.5, 0.6) is 34.5 Å². The fourth-order valence-corrected chi connectivity index (χ4v) is 8.96. The standard InChI is InChI=1S/3C18H34O2.C14H10O9/c3*1-2-3-4-5-6-7-8-9-10-11-12-13-14-15-16-17-18(19)20;15-6-1-4(2-7(16)11(6)19)10(18)9-5(14(22)23)3-8(17)12(20)13(9)21/h3*9-10H,2-8,11-17H2,1H3,(H,19,20);1-3,15-17,19-21H,(H,22,23)/b3*10-9-;. The van der Waals surface area contributed by atoms with Gasteiger partial charge in [-0.15, -0.1) is 0 Å². The highest BCUT2D eigenvalue weighted by atomic mass is 16.4. The highest BCUT2D eigenvalue weighted by Gasteiger charge is 2.28. The van der Waals surface area contributed by atoms with Gasteiger partial charge in [-0.05, 0) is 115 Å². The fraction of sp³-hybridized carbons (Fsp3) is 0.662. The third kappa shape index (κ3) is 48.1. The van der Waals surface area contributed by atoms with Crippen molar-refractivity contribution in [2.24, 2.45) is 0 Å². The van der Waals surface area contributed by atoms with Gasteiger partial charge in [0.15, 0.2) is 34.5 Å². The molecule has 0 radical (unpaired) electrons. The van der Waals surface area contributed by atoms with Crippen LogP contribution in [0.4, 0.5) is 0 Å². The van der Waals surface area contributed by atoms with Crippen LogP contribution in [0.1, 0.15) is 317 Å². The molecule has 0 unspecified atom stereocenters. The number of aliphatic carboxylic acids is 3. The topological polar surface area (TPSA) is 288 Å². The van der Waals surface area contributed by atoms with Gasteiger partial charge >= 0.3 is 23.9 Å². The minimum Gasteiger partial charge on any atom is -0.504 e. The molecule has 10 N–H and O–H groups in total. The molecule has 2 aromatic carbocycles. The smallest absolute Gasteiger partial charge is 0.336 e. The summed E-state index contributed by atoms with van der Waals surface area (Å²) in [4.78, 5) is 54.5. The number of allylic oxidation sites excluding steroid dienone is 6. The second-order valence-corrected chi connectivity index (χ2v) is 21.7. The van der Waals surface area contributed by atoms with Crippen molar-refractivity contribution in [3.8, 4) is 34.5 Å². The predicted molar refractivity (Wildman–Crippen MR) is 335 cm³/mol. The zero-order valence-corrected chi connectivity index (χ0v) is 51.4. The molecule has 15 heteroatoms. The Bertz CT molecular complexity index is 1930. The SMILES string of the molecule is CCCCCCCC/C=C\CCCCCCCC(=O)O.CCCCCCCC/C=C\CCCCCCCC(=O)O.CCCCCCCC/C=C\CCCCCCCC(=O)O.O=C(O)c1cc(O)c(O)c(O)c1C(=O)c1cc(O)c(O)c(O)c1. The quantitative estimate of drug-likeness (QED) is 0.0128. The molecular weight excluding hydrogens is 1060 g/mol. The molecule has 0 saturated carbocycles. The first-order valence-corrected chi connectivity index (χ1v) is 31.9. The molecule has 0 aliphatic rings. The Kier molecular flexibility index (Phi) is 53.8. The molecule has 2 rings (SSSR count). The first-order chi connectivity index (χ1) is 40.0. The molecule has 15 nitrogen and oxygen atoms in total. The third-order valence-electron chi connectivity index (χ3n) is 14.0. The Morgan fingerprint density at radius 1 is 0.313 bits per heavy atom. The van der Waals surface area contributed by atoms with Crippen molar-refractivity contribution in [2.45, 2.75) is 290 Å². The van der Waals surface area contributed by atoms with Gasteiger partial charge in [-0.2, -0.15) is 0 Å². The second kappa shape index (κ2) is 56.5. The van der Waals surface area contributed by atoms with E-state index < -0.39 is 80.8 Å². The van der Waals surface area contributed by atoms with Crippen molar-refractivity contribution in [2.75, 3.05) is 0 Å². The van der Waals surface area contributed by atoms with Crippen LogP contribution in [0.15, 0.2) is 54.7 Å². The number of carboxylic acid groups (broad SMARTS) is 4. The molecule has 0 spiro atoms. The van der Waals surface area contributed by atoms with Crippen LogP contribution < -0.4 is 0 Å². The van der Waals surface area contributed by atoms with E-state index in [0.29, 0.717) is 25.3 Å². The average Bonchev–Trinajstić information content (AvgIpc) is 3.52. The zero-order valence-electron chi connectivity index (χ0n) is 51.4. The van der Waals surface area contributed by atoms with Crippen molar-refractivity contribution < 1.29 is 75.0 Å². The highest BCUT2D eigenvalue weighted by molar-refractivity contribution is 6.17. The fourth-order valence-electron chi connectivity index (χ4n) is 8.96. The number of phenolic OH excluding ortho intramolecular Hbond substituents is 6. The Labute approximate surface area is 499 Å². The molecule has 0 aliphatic carbocycles. The summed E-state index contributed by atoms with van der Waals surface area (Å²) in [5, 5.41) is 91.2. The van der Waals surface area contributed by atoms with Gasteiger partial charge in [0, 0.05) is 24.8 Å². The average molecular weight is 1170 g/mol. The van der Waals surface area contributed by atoms with Crippen molar-refractivity contribution >= 4 is 29.7 Å². The molecule has 0 heterocycles. The Morgan fingerprint density at radius 3 is 0.807 bits per heavy atom. The van der Waals surface area contributed by atoms with Crippen LogP contribution in [-0.2, 0) is 14.4 Å². The van der Waals surface area contributed by atoms with E-state index in [0.717, 1.165) is 50.7 Å². The number of benzene rings is 2. The molecule has 0 fully saturated rings. The lowest BCUT2D eigenvalue weighted by Gasteiger charge is -2.11. The van der Waals surface area contributed by atoms with Crippen LogP contribution in [0, 0.1) is 0 Å². The van der Waals surface area contributed by atoms with Gasteiger partial charge in [-0.3, -0.25) is 19.2 Å². The molecular formula is C68H112O15. The van der Waals surface area contributed by atoms with Gasteiger partial charge in [0.2, 0.25) is 5.75 Å². The molecule has 0 atom stereocenters. The summed E-state index contributed by atoms with van der Waals surface area (Å²) in [6.07, 6.45) is 63.7. The number of hydrogen-bond donors (Lipinski definition) is 10. The number of carbonyl (C=O) groups excluding carboxylic acids is 1. The van der Waals surface area contributed by atoms with E-state index in [-0.39, 0.29) is 0 Å². The number of aromatic carboxylic acids is 1. The second-order valence-electron chi connectivity index (χ2n) is 21.7. The van der Waals surface area contributed by atoms with E-state index in [2.05, 4.69) is 57.2 Å². The molecule has 0 saturated heterocycles. The predicted octanol–water partition coefficient (Wildman–Crippen LogP) is 19.2. The van der Waals surface area contributed by atoms with Crippen LogP contribution in [-0.4, -0.2) is 80.7 Å². The molecule has 0 aromatic heterocycles. The summed E-state index contributed by atoms with van der Waals surface area (Å²) in [6.45, 7) is 6.78.